The Morgan fingerprint density at radius 2 is 2.05 bits per heavy atom. The van der Waals surface area contributed by atoms with E-state index in [0.717, 1.165) is 11.1 Å². The van der Waals surface area contributed by atoms with Gasteiger partial charge in [0.15, 0.2) is 11.5 Å². The molecule has 0 aliphatic carbocycles. The van der Waals surface area contributed by atoms with Crippen LogP contribution < -0.4 is 9.47 Å². The number of halogens is 1. The molecule has 0 bridgehead atoms. The van der Waals surface area contributed by atoms with Gasteiger partial charge >= 0.3 is 5.97 Å². The van der Waals surface area contributed by atoms with E-state index < -0.39 is 0 Å². The first-order chi connectivity index (χ1) is 9.17. The van der Waals surface area contributed by atoms with Crippen LogP contribution in [0.15, 0.2) is 18.2 Å². The van der Waals surface area contributed by atoms with Crippen molar-refractivity contribution in [1.82, 2.24) is 0 Å². The lowest BCUT2D eigenvalue weighted by Crippen LogP contribution is -2.00. The lowest BCUT2D eigenvalue weighted by atomic mass is 10.1. The van der Waals surface area contributed by atoms with Crippen molar-refractivity contribution in [3.63, 3.8) is 0 Å². The van der Waals surface area contributed by atoms with E-state index >= 15 is 0 Å². The molecule has 0 unspecified atom stereocenters. The third-order valence-electron chi connectivity index (χ3n) is 2.50. The molecule has 0 heterocycles. The minimum atomic E-state index is -0.363. The smallest absolute Gasteiger partial charge is 0.330 e. The molecule has 4 nitrogen and oxygen atoms in total. The highest BCUT2D eigenvalue weighted by Crippen LogP contribution is 2.35. The van der Waals surface area contributed by atoms with Crippen LogP contribution in [-0.2, 0) is 14.9 Å². The standard InChI is InChI=1S/C14H17BrO4/c1-4-19-13(16)8-6-10-5-7-12(17-2)14(18-3)11(10)9-15/h5-8H,4,9H2,1-3H3/b8-6+. The first-order valence-electron chi connectivity index (χ1n) is 5.82. The van der Waals surface area contributed by atoms with E-state index in [0.29, 0.717) is 23.4 Å². The number of benzene rings is 1. The van der Waals surface area contributed by atoms with Crippen molar-refractivity contribution < 1.29 is 19.0 Å². The summed E-state index contributed by atoms with van der Waals surface area (Å²) in [6.45, 7) is 2.13. The summed E-state index contributed by atoms with van der Waals surface area (Å²) in [5.74, 6) is 0.952. The van der Waals surface area contributed by atoms with E-state index in [1.807, 2.05) is 6.07 Å². The Kier molecular flexibility index (Phi) is 6.42. The van der Waals surface area contributed by atoms with E-state index in [4.69, 9.17) is 14.2 Å². The van der Waals surface area contributed by atoms with Gasteiger partial charge in [-0.15, -0.1) is 0 Å². The second kappa shape index (κ2) is 7.84. The quantitative estimate of drug-likeness (QED) is 0.457. The molecule has 0 spiro atoms. The van der Waals surface area contributed by atoms with Crippen molar-refractivity contribution in [2.75, 3.05) is 20.8 Å². The van der Waals surface area contributed by atoms with Gasteiger partial charge in [-0.2, -0.15) is 0 Å². The largest absolute Gasteiger partial charge is 0.493 e. The van der Waals surface area contributed by atoms with Gasteiger partial charge in [0.25, 0.3) is 0 Å². The van der Waals surface area contributed by atoms with Gasteiger partial charge in [0.2, 0.25) is 0 Å². The average molecular weight is 329 g/mol. The number of alkyl halides is 1. The fourth-order valence-corrected chi connectivity index (χ4v) is 2.23. The molecule has 0 N–H and O–H groups in total. The van der Waals surface area contributed by atoms with Crippen molar-refractivity contribution >= 4 is 28.0 Å². The zero-order valence-corrected chi connectivity index (χ0v) is 12.8. The van der Waals surface area contributed by atoms with Gasteiger partial charge in [0, 0.05) is 17.0 Å². The van der Waals surface area contributed by atoms with Crippen LogP contribution in [0.5, 0.6) is 11.5 Å². The number of methoxy groups -OCH3 is 2. The number of hydrogen-bond donors (Lipinski definition) is 0. The summed E-state index contributed by atoms with van der Waals surface area (Å²) < 4.78 is 15.4. The maximum atomic E-state index is 11.3. The molecule has 0 atom stereocenters. The first-order valence-corrected chi connectivity index (χ1v) is 6.94. The molecule has 1 aromatic carbocycles. The highest BCUT2D eigenvalue weighted by Gasteiger charge is 2.12. The molecule has 5 heteroatoms. The highest BCUT2D eigenvalue weighted by atomic mass is 79.9. The van der Waals surface area contributed by atoms with E-state index in [-0.39, 0.29) is 5.97 Å². The molecule has 0 saturated carbocycles. The lowest BCUT2D eigenvalue weighted by Gasteiger charge is -2.13. The number of ether oxygens (including phenoxy) is 3. The van der Waals surface area contributed by atoms with Crippen LogP contribution in [0.1, 0.15) is 18.1 Å². The van der Waals surface area contributed by atoms with Gasteiger partial charge in [-0.3, -0.25) is 0 Å². The molecular formula is C14H17BrO4. The van der Waals surface area contributed by atoms with Gasteiger partial charge < -0.3 is 14.2 Å². The molecule has 0 aliphatic heterocycles. The fraction of sp³-hybridized carbons (Fsp3) is 0.357. The third kappa shape index (κ3) is 3.99. The predicted octanol–water partition coefficient (Wildman–Crippen LogP) is 3.18. The van der Waals surface area contributed by atoms with Crippen molar-refractivity contribution in [2.24, 2.45) is 0 Å². The molecule has 0 aromatic heterocycles. The van der Waals surface area contributed by atoms with Crippen LogP contribution >= 0.6 is 15.9 Å². The molecule has 0 aliphatic rings. The van der Waals surface area contributed by atoms with Crippen molar-refractivity contribution in [1.29, 1.82) is 0 Å². The summed E-state index contributed by atoms with van der Waals surface area (Å²) in [5.41, 5.74) is 1.80. The minimum Gasteiger partial charge on any atom is -0.493 e. The van der Waals surface area contributed by atoms with Crippen LogP contribution in [0.3, 0.4) is 0 Å². The average Bonchev–Trinajstić information content (AvgIpc) is 2.43. The summed E-state index contributed by atoms with van der Waals surface area (Å²) >= 11 is 3.42. The molecule has 0 saturated heterocycles. The SMILES string of the molecule is CCOC(=O)/C=C/c1ccc(OC)c(OC)c1CBr. The van der Waals surface area contributed by atoms with E-state index in [1.165, 1.54) is 6.08 Å². The molecule has 0 amide bonds. The maximum Gasteiger partial charge on any atom is 0.330 e. The van der Waals surface area contributed by atoms with E-state index in [2.05, 4.69) is 15.9 Å². The van der Waals surface area contributed by atoms with Gasteiger partial charge in [-0.1, -0.05) is 22.0 Å². The minimum absolute atomic E-state index is 0.362. The van der Waals surface area contributed by atoms with Crippen molar-refractivity contribution in [2.45, 2.75) is 12.3 Å². The Balaban J connectivity index is 3.11. The topological polar surface area (TPSA) is 44.8 Å². The number of carbonyl (C=O) groups is 1. The third-order valence-corrected chi connectivity index (χ3v) is 3.06. The van der Waals surface area contributed by atoms with Crippen LogP contribution in [0.2, 0.25) is 0 Å². The second-order valence-corrected chi connectivity index (χ2v) is 4.15. The molecule has 1 aromatic rings. The Morgan fingerprint density at radius 3 is 2.58 bits per heavy atom. The summed E-state index contributed by atoms with van der Waals surface area (Å²) in [6, 6.07) is 3.67. The summed E-state index contributed by atoms with van der Waals surface area (Å²) in [5, 5.41) is 0.593. The molecule has 104 valence electrons. The van der Waals surface area contributed by atoms with Crippen molar-refractivity contribution in [3.8, 4) is 11.5 Å². The Bertz CT molecular complexity index is 469. The van der Waals surface area contributed by atoms with Gasteiger partial charge in [-0.25, -0.2) is 4.79 Å². The summed E-state index contributed by atoms with van der Waals surface area (Å²) in [7, 11) is 3.17. The Morgan fingerprint density at radius 1 is 1.32 bits per heavy atom. The van der Waals surface area contributed by atoms with Crippen molar-refractivity contribution in [3.05, 3.63) is 29.3 Å². The molecule has 0 radical (unpaired) electrons. The first kappa shape index (κ1) is 15.6. The monoisotopic (exact) mass is 328 g/mol. The van der Waals surface area contributed by atoms with Crippen LogP contribution in [0, 0.1) is 0 Å². The number of hydrogen-bond acceptors (Lipinski definition) is 4. The Labute approximate surface area is 121 Å². The van der Waals surface area contributed by atoms with E-state index in [9.17, 15) is 4.79 Å². The van der Waals surface area contributed by atoms with Crippen LogP contribution in [0.25, 0.3) is 6.08 Å². The van der Waals surface area contributed by atoms with E-state index in [1.54, 1.807) is 33.3 Å². The predicted molar refractivity (Wildman–Crippen MR) is 77.8 cm³/mol. The summed E-state index contributed by atoms with van der Waals surface area (Å²) in [4.78, 5) is 11.3. The maximum absolute atomic E-state index is 11.3. The zero-order chi connectivity index (χ0) is 14.3. The molecule has 0 fully saturated rings. The number of carbonyl (C=O) groups excluding carboxylic acids is 1. The molecule has 1 rings (SSSR count). The molecular weight excluding hydrogens is 312 g/mol. The van der Waals surface area contributed by atoms with Gasteiger partial charge in [0.1, 0.15) is 0 Å². The summed E-state index contributed by atoms with van der Waals surface area (Å²) in [6.07, 6.45) is 3.10. The Hall–Kier alpha value is -1.49. The number of rotatable bonds is 6. The fourth-order valence-electron chi connectivity index (χ4n) is 1.65. The van der Waals surface area contributed by atoms with Crippen LogP contribution in [-0.4, -0.2) is 26.8 Å². The van der Waals surface area contributed by atoms with Gasteiger partial charge in [0.05, 0.1) is 20.8 Å². The zero-order valence-electron chi connectivity index (χ0n) is 11.2. The molecule has 19 heavy (non-hydrogen) atoms. The number of esters is 1. The normalized spacial score (nSPS) is 10.5. The highest BCUT2D eigenvalue weighted by molar-refractivity contribution is 9.08. The van der Waals surface area contributed by atoms with Crippen LogP contribution in [0.4, 0.5) is 0 Å². The second-order valence-electron chi connectivity index (χ2n) is 3.59. The van der Waals surface area contributed by atoms with Gasteiger partial charge in [-0.05, 0) is 24.6 Å². The lowest BCUT2D eigenvalue weighted by molar-refractivity contribution is -0.137.